The summed E-state index contributed by atoms with van der Waals surface area (Å²) in [5, 5.41) is 0. The van der Waals surface area contributed by atoms with Crippen molar-refractivity contribution in [2.24, 2.45) is 17.8 Å². The lowest BCUT2D eigenvalue weighted by Gasteiger charge is -2.37. The van der Waals surface area contributed by atoms with E-state index in [9.17, 15) is 0 Å². The maximum Gasteiger partial charge on any atom is 0.0802 e. The number of quaternary nitrogens is 1. The number of ether oxygens (including phenoxy) is 1. The maximum absolute atomic E-state index is 6.21. The highest BCUT2D eigenvalue weighted by Crippen LogP contribution is 2.35. The van der Waals surface area contributed by atoms with Crippen LogP contribution < -0.4 is 0 Å². The Morgan fingerprint density at radius 3 is 2.39 bits per heavy atom. The van der Waals surface area contributed by atoms with Crippen LogP contribution >= 0.6 is 0 Å². The second kappa shape index (κ2) is 6.91. The molecule has 0 aliphatic heterocycles. The molecule has 0 heterocycles. The quantitative estimate of drug-likeness (QED) is 0.521. The van der Waals surface area contributed by atoms with Crippen LogP contribution in [0.3, 0.4) is 0 Å². The molecular formula is C16H34NO+. The molecule has 0 unspecified atom stereocenters. The van der Waals surface area contributed by atoms with Crippen LogP contribution in [0.2, 0.25) is 0 Å². The van der Waals surface area contributed by atoms with E-state index in [1.807, 2.05) is 0 Å². The van der Waals surface area contributed by atoms with E-state index in [1.54, 1.807) is 0 Å². The van der Waals surface area contributed by atoms with E-state index < -0.39 is 0 Å². The lowest BCUT2D eigenvalue weighted by molar-refractivity contribution is -0.870. The molecule has 0 aromatic rings. The minimum atomic E-state index is 0.515. The highest BCUT2D eigenvalue weighted by molar-refractivity contribution is 4.81. The molecule has 18 heavy (non-hydrogen) atoms. The van der Waals surface area contributed by atoms with E-state index in [-0.39, 0.29) is 0 Å². The van der Waals surface area contributed by atoms with Gasteiger partial charge in [0, 0.05) is 6.42 Å². The lowest BCUT2D eigenvalue weighted by Crippen LogP contribution is -2.37. The Bertz CT molecular complexity index is 232. The molecule has 0 aromatic heterocycles. The fourth-order valence-corrected chi connectivity index (χ4v) is 3.08. The first-order valence-electron chi connectivity index (χ1n) is 7.71. The van der Waals surface area contributed by atoms with Crippen LogP contribution in [0.5, 0.6) is 0 Å². The van der Waals surface area contributed by atoms with Gasteiger partial charge in [0.1, 0.15) is 0 Å². The van der Waals surface area contributed by atoms with Gasteiger partial charge in [0.25, 0.3) is 0 Å². The molecule has 2 nitrogen and oxygen atoms in total. The summed E-state index contributed by atoms with van der Waals surface area (Å²) in [4.78, 5) is 0. The number of hydrogen-bond donors (Lipinski definition) is 0. The van der Waals surface area contributed by atoms with Crippen molar-refractivity contribution in [2.75, 3.05) is 34.3 Å². The third-order valence-corrected chi connectivity index (χ3v) is 4.27. The first-order chi connectivity index (χ1) is 8.29. The average molecular weight is 256 g/mol. The second-order valence-corrected chi connectivity index (χ2v) is 7.60. The Morgan fingerprint density at radius 2 is 1.83 bits per heavy atom. The van der Waals surface area contributed by atoms with E-state index in [0.29, 0.717) is 6.10 Å². The molecule has 1 aliphatic rings. The van der Waals surface area contributed by atoms with Gasteiger partial charge >= 0.3 is 0 Å². The minimum Gasteiger partial charge on any atom is -0.378 e. The highest BCUT2D eigenvalue weighted by Gasteiger charge is 2.31. The van der Waals surface area contributed by atoms with Crippen LogP contribution in [0.15, 0.2) is 0 Å². The molecule has 0 amide bonds. The zero-order chi connectivity index (χ0) is 13.8. The second-order valence-electron chi connectivity index (χ2n) is 7.60. The molecule has 0 aromatic carbocycles. The van der Waals surface area contributed by atoms with Crippen molar-refractivity contribution in [1.29, 1.82) is 0 Å². The van der Waals surface area contributed by atoms with Crippen LogP contribution in [0, 0.1) is 17.8 Å². The van der Waals surface area contributed by atoms with Crippen LogP contribution in [0.4, 0.5) is 0 Å². The Kier molecular flexibility index (Phi) is 6.13. The van der Waals surface area contributed by atoms with E-state index in [1.165, 1.54) is 32.2 Å². The molecule has 2 heteroatoms. The van der Waals surface area contributed by atoms with Gasteiger partial charge in [0.2, 0.25) is 0 Å². The Labute approximate surface area is 114 Å². The summed E-state index contributed by atoms with van der Waals surface area (Å²) in [6.07, 6.45) is 5.72. The van der Waals surface area contributed by atoms with Gasteiger partial charge in [-0.1, -0.05) is 27.2 Å². The predicted octanol–water partition coefficient (Wildman–Crippen LogP) is 3.56. The van der Waals surface area contributed by atoms with Crippen molar-refractivity contribution < 1.29 is 9.22 Å². The molecule has 1 rings (SSSR count). The van der Waals surface area contributed by atoms with Crippen molar-refractivity contribution in [3.05, 3.63) is 0 Å². The number of nitrogens with zero attached hydrogens (tertiary/aromatic N) is 1. The third kappa shape index (κ3) is 5.71. The largest absolute Gasteiger partial charge is 0.378 e. The normalized spacial score (nSPS) is 29.8. The van der Waals surface area contributed by atoms with Gasteiger partial charge in [0.15, 0.2) is 0 Å². The van der Waals surface area contributed by atoms with Crippen molar-refractivity contribution in [3.8, 4) is 0 Å². The van der Waals surface area contributed by atoms with Crippen molar-refractivity contribution >= 4 is 0 Å². The molecule has 3 atom stereocenters. The first-order valence-corrected chi connectivity index (χ1v) is 7.71. The van der Waals surface area contributed by atoms with Gasteiger partial charge in [-0.2, -0.15) is 0 Å². The smallest absolute Gasteiger partial charge is 0.0802 e. The van der Waals surface area contributed by atoms with E-state index in [4.69, 9.17) is 4.74 Å². The SMILES string of the molecule is CC(C)[C@@H]1CC[C@@H](C)C[C@H]1OCCC[N+](C)(C)C. The summed E-state index contributed by atoms with van der Waals surface area (Å²) in [5.74, 6) is 2.40. The van der Waals surface area contributed by atoms with Gasteiger partial charge in [-0.15, -0.1) is 0 Å². The summed E-state index contributed by atoms with van der Waals surface area (Å²) in [7, 11) is 6.75. The molecule has 0 spiro atoms. The highest BCUT2D eigenvalue weighted by atomic mass is 16.5. The molecule has 0 N–H and O–H groups in total. The van der Waals surface area contributed by atoms with Crippen molar-refractivity contribution in [1.82, 2.24) is 0 Å². The summed E-state index contributed by atoms with van der Waals surface area (Å²) < 4.78 is 7.25. The van der Waals surface area contributed by atoms with Crippen molar-refractivity contribution in [2.45, 2.75) is 52.6 Å². The van der Waals surface area contributed by atoms with Gasteiger partial charge < -0.3 is 9.22 Å². The van der Waals surface area contributed by atoms with Crippen LogP contribution in [0.25, 0.3) is 0 Å². The zero-order valence-corrected chi connectivity index (χ0v) is 13.4. The van der Waals surface area contributed by atoms with Crippen LogP contribution in [-0.4, -0.2) is 44.9 Å². The number of hydrogen-bond acceptors (Lipinski definition) is 1. The summed E-state index contributed by atoms with van der Waals surface area (Å²) in [6, 6.07) is 0. The topological polar surface area (TPSA) is 9.23 Å². The van der Waals surface area contributed by atoms with Gasteiger partial charge in [0.05, 0.1) is 40.4 Å². The zero-order valence-electron chi connectivity index (χ0n) is 13.4. The first kappa shape index (κ1) is 16.0. The van der Waals surface area contributed by atoms with Gasteiger partial charge in [-0.05, 0) is 30.6 Å². The molecule has 1 fully saturated rings. The molecule has 1 aliphatic carbocycles. The summed E-state index contributed by atoms with van der Waals surface area (Å²) >= 11 is 0. The summed E-state index contributed by atoms with van der Waals surface area (Å²) in [5.41, 5.74) is 0. The van der Waals surface area contributed by atoms with E-state index in [2.05, 4.69) is 41.9 Å². The number of rotatable bonds is 6. The predicted molar refractivity (Wildman–Crippen MR) is 78.6 cm³/mol. The molecule has 1 saturated carbocycles. The lowest BCUT2D eigenvalue weighted by atomic mass is 9.75. The average Bonchev–Trinajstić information content (AvgIpc) is 2.22. The molecular weight excluding hydrogens is 222 g/mol. The van der Waals surface area contributed by atoms with E-state index in [0.717, 1.165) is 28.8 Å². The fraction of sp³-hybridized carbons (Fsp3) is 1.00. The van der Waals surface area contributed by atoms with Gasteiger partial charge in [-0.25, -0.2) is 0 Å². The Hall–Kier alpha value is -0.0800. The summed E-state index contributed by atoms with van der Waals surface area (Å²) in [6.45, 7) is 9.22. The Balaban J connectivity index is 2.32. The molecule has 0 radical (unpaired) electrons. The molecule has 0 bridgehead atoms. The van der Waals surface area contributed by atoms with Gasteiger partial charge in [-0.3, -0.25) is 0 Å². The van der Waals surface area contributed by atoms with E-state index >= 15 is 0 Å². The van der Waals surface area contributed by atoms with Crippen LogP contribution in [0.1, 0.15) is 46.5 Å². The standard InChI is InChI=1S/C16H34NO/c1-13(2)15-9-8-14(3)12-16(15)18-11-7-10-17(4,5)6/h13-16H,7-12H2,1-6H3/q+1/t14-,15+,16-/m1/s1. The monoisotopic (exact) mass is 256 g/mol. The molecule has 108 valence electrons. The maximum atomic E-state index is 6.21. The van der Waals surface area contributed by atoms with Crippen LogP contribution in [-0.2, 0) is 4.74 Å². The fourth-order valence-electron chi connectivity index (χ4n) is 3.08. The molecule has 0 saturated heterocycles. The van der Waals surface area contributed by atoms with Crippen molar-refractivity contribution in [3.63, 3.8) is 0 Å². The minimum absolute atomic E-state index is 0.515. The Morgan fingerprint density at radius 1 is 1.17 bits per heavy atom. The third-order valence-electron chi connectivity index (χ3n) is 4.27.